The van der Waals surface area contributed by atoms with E-state index in [1.54, 1.807) is 0 Å². The third-order valence-electron chi connectivity index (χ3n) is 11.6. The summed E-state index contributed by atoms with van der Waals surface area (Å²) in [6, 6.07) is -0.812. The number of nitrogens with one attached hydrogen (secondary N) is 1. The van der Waals surface area contributed by atoms with Crippen molar-refractivity contribution in [2.45, 2.75) is 231 Å². The Balaban J connectivity index is 4.24. The first-order valence-corrected chi connectivity index (χ1v) is 28.4. The number of amides is 1. The average molecular weight is 943 g/mol. The quantitative estimate of drug-likeness (QED) is 0.0272. The molecule has 3 unspecified atom stereocenters. The van der Waals surface area contributed by atoms with Gasteiger partial charge in [-0.2, -0.15) is 0 Å². The summed E-state index contributed by atoms with van der Waals surface area (Å²) in [7, 11) is 1.29. The summed E-state index contributed by atoms with van der Waals surface area (Å²) in [5.41, 5.74) is 0. The van der Waals surface area contributed by atoms with Crippen LogP contribution in [0, 0.1) is 0 Å². The van der Waals surface area contributed by atoms with Crippen molar-refractivity contribution in [3.8, 4) is 0 Å². The normalized spacial score (nSPS) is 14.7. The van der Waals surface area contributed by atoms with Gasteiger partial charge < -0.3 is 28.8 Å². The molecule has 0 aliphatic heterocycles. The van der Waals surface area contributed by atoms with Crippen molar-refractivity contribution in [3.05, 3.63) is 85.1 Å². The lowest BCUT2D eigenvalue weighted by Gasteiger charge is -2.30. The molecule has 0 radical (unpaired) electrons. The minimum absolute atomic E-state index is 0.00571. The summed E-state index contributed by atoms with van der Waals surface area (Å²) in [5, 5.41) is 14.0. The second-order valence-electron chi connectivity index (χ2n) is 19.2. The summed E-state index contributed by atoms with van der Waals surface area (Å²) in [6.45, 7) is 4.59. The number of nitrogens with zero attached hydrogens (tertiary/aromatic N) is 1. The van der Waals surface area contributed by atoms with Crippen LogP contribution in [0.3, 0.4) is 0 Å². The van der Waals surface area contributed by atoms with Gasteiger partial charge in [0.15, 0.2) is 0 Å². The van der Waals surface area contributed by atoms with Gasteiger partial charge in [0.05, 0.1) is 39.9 Å². The van der Waals surface area contributed by atoms with E-state index in [1.165, 1.54) is 96.3 Å². The fourth-order valence-electron chi connectivity index (χ4n) is 7.43. The first kappa shape index (κ1) is 63.7. The van der Waals surface area contributed by atoms with Gasteiger partial charge in [0.1, 0.15) is 13.2 Å². The molecule has 3 atom stereocenters. The summed E-state index contributed by atoms with van der Waals surface area (Å²) >= 11 is 0. The maximum absolute atomic E-state index is 13.0. The van der Waals surface area contributed by atoms with E-state index >= 15 is 0 Å². The molecule has 0 rings (SSSR count). The van der Waals surface area contributed by atoms with Gasteiger partial charge in [-0.25, -0.2) is 0 Å². The molecule has 0 bridgehead atoms. The molecule has 0 spiro atoms. The molecule has 0 saturated carbocycles. The Morgan fingerprint density at radius 2 is 0.924 bits per heavy atom. The summed E-state index contributed by atoms with van der Waals surface area (Å²) < 4.78 is 23.4. The van der Waals surface area contributed by atoms with Crippen LogP contribution in [0.2, 0.25) is 0 Å². The predicted molar refractivity (Wildman–Crippen MR) is 283 cm³/mol. The molecule has 1 amide bonds. The van der Waals surface area contributed by atoms with Crippen LogP contribution in [0.25, 0.3) is 0 Å². The molecule has 0 saturated heterocycles. The number of carbonyl (C=O) groups excluding carboxylic acids is 1. The maximum atomic E-state index is 13.0. The lowest BCUT2D eigenvalue weighted by molar-refractivity contribution is -0.870. The van der Waals surface area contributed by atoms with Crippen LogP contribution in [-0.4, -0.2) is 68.5 Å². The van der Waals surface area contributed by atoms with Crippen molar-refractivity contribution in [3.63, 3.8) is 0 Å². The summed E-state index contributed by atoms with van der Waals surface area (Å²) in [5.74, 6) is -0.179. The van der Waals surface area contributed by atoms with Crippen molar-refractivity contribution in [1.29, 1.82) is 0 Å². The molecule has 0 aromatic carbocycles. The largest absolute Gasteiger partial charge is 0.756 e. The predicted octanol–water partition coefficient (Wildman–Crippen LogP) is 15.5. The SMILES string of the molecule is CC/C=C\C/C=C\C/C=C\C/C=C\C/C=C\C/C=C\C/C=C\CCCCCCCCCC(=O)NC(COP(=O)([O-])OCC[N+](C)(C)C)C(O)CCCCCCCCCCCCCCCCC. The topological polar surface area (TPSA) is 108 Å². The molecule has 0 heterocycles. The second kappa shape index (κ2) is 47.7. The highest BCUT2D eigenvalue weighted by Gasteiger charge is 2.24. The Bertz CT molecular complexity index is 1350. The van der Waals surface area contributed by atoms with Crippen LogP contribution in [-0.2, 0) is 18.4 Å². The molecule has 382 valence electrons. The number of unbranched alkanes of at least 4 members (excludes halogenated alkanes) is 21. The van der Waals surface area contributed by atoms with E-state index in [4.69, 9.17) is 9.05 Å². The Hall–Kier alpha value is -2.32. The van der Waals surface area contributed by atoms with Crippen molar-refractivity contribution >= 4 is 13.7 Å². The van der Waals surface area contributed by atoms with Crippen LogP contribution in [0.4, 0.5) is 0 Å². The highest BCUT2D eigenvalue weighted by atomic mass is 31.2. The first-order chi connectivity index (χ1) is 32.0. The fourth-order valence-corrected chi connectivity index (χ4v) is 8.15. The van der Waals surface area contributed by atoms with E-state index in [9.17, 15) is 19.4 Å². The van der Waals surface area contributed by atoms with E-state index in [-0.39, 0.29) is 19.1 Å². The standard InChI is InChI=1S/C57H103N2O6P/c1-6-8-10-12-14-16-18-20-22-23-24-25-26-27-28-29-30-31-32-33-34-35-37-39-41-43-45-47-49-51-57(61)58-55(54-65-66(62,63)64-53-52-59(3,4)5)56(60)50-48-46-44-42-40-38-36-21-19-17-15-13-11-9-7-2/h8,10,14,16,20,22,24-25,27-28,30-31,33-34,55-56,60H,6-7,9,11-13,15,17-19,21,23,26,29,32,35-54H2,1-5H3,(H-,58,61,62,63)/b10-8-,16-14-,22-20-,25-24-,28-27-,31-30-,34-33-. The van der Waals surface area contributed by atoms with Crippen LogP contribution in [0.5, 0.6) is 0 Å². The maximum Gasteiger partial charge on any atom is 0.268 e. The monoisotopic (exact) mass is 943 g/mol. The molecular weight excluding hydrogens is 840 g/mol. The van der Waals surface area contributed by atoms with Crippen LogP contribution in [0.1, 0.15) is 219 Å². The van der Waals surface area contributed by atoms with Gasteiger partial charge in [-0.05, 0) is 70.6 Å². The zero-order valence-electron chi connectivity index (χ0n) is 43.4. The van der Waals surface area contributed by atoms with Gasteiger partial charge in [-0.1, -0.05) is 227 Å². The number of phosphoric acid groups is 1. The highest BCUT2D eigenvalue weighted by Crippen LogP contribution is 2.38. The van der Waals surface area contributed by atoms with E-state index in [0.29, 0.717) is 23.9 Å². The van der Waals surface area contributed by atoms with Crippen LogP contribution >= 0.6 is 7.82 Å². The second-order valence-corrected chi connectivity index (χ2v) is 20.6. The van der Waals surface area contributed by atoms with E-state index < -0.39 is 20.0 Å². The van der Waals surface area contributed by atoms with Gasteiger partial charge in [-0.3, -0.25) is 9.36 Å². The highest BCUT2D eigenvalue weighted by molar-refractivity contribution is 7.45. The number of aliphatic hydroxyl groups is 1. The van der Waals surface area contributed by atoms with E-state index in [2.05, 4.69) is 104 Å². The Morgan fingerprint density at radius 3 is 1.35 bits per heavy atom. The molecule has 66 heavy (non-hydrogen) atoms. The fraction of sp³-hybridized carbons (Fsp3) is 0.737. The number of likely N-dealkylation sites (N-methyl/N-ethyl adjacent to an activating group) is 1. The first-order valence-electron chi connectivity index (χ1n) is 26.9. The number of hydrogen-bond donors (Lipinski definition) is 2. The number of rotatable bonds is 48. The molecule has 9 heteroatoms. The third-order valence-corrected chi connectivity index (χ3v) is 12.6. The van der Waals surface area contributed by atoms with Gasteiger partial charge >= 0.3 is 0 Å². The van der Waals surface area contributed by atoms with Crippen molar-refractivity contribution in [2.75, 3.05) is 40.9 Å². The van der Waals surface area contributed by atoms with Gasteiger partial charge in [0.25, 0.3) is 7.82 Å². The number of hydrogen-bond acceptors (Lipinski definition) is 6. The third kappa shape index (κ3) is 49.6. The molecule has 0 aliphatic rings. The minimum atomic E-state index is -4.58. The average Bonchev–Trinajstić information content (AvgIpc) is 3.28. The number of quaternary nitrogens is 1. The zero-order valence-corrected chi connectivity index (χ0v) is 44.3. The van der Waals surface area contributed by atoms with Gasteiger partial charge in [0, 0.05) is 6.42 Å². The minimum Gasteiger partial charge on any atom is -0.756 e. The Morgan fingerprint density at radius 1 is 0.545 bits per heavy atom. The molecular formula is C57H103N2O6P. The van der Waals surface area contributed by atoms with Crippen molar-refractivity contribution in [1.82, 2.24) is 5.32 Å². The van der Waals surface area contributed by atoms with E-state index in [0.717, 1.165) is 96.3 Å². The Kier molecular flexibility index (Phi) is 46.1. The number of phosphoric ester groups is 1. The molecule has 0 aromatic rings. The summed E-state index contributed by atoms with van der Waals surface area (Å²) in [4.78, 5) is 25.5. The molecule has 0 fully saturated rings. The Labute approximate surface area is 407 Å². The lowest BCUT2D eigenvalue weighted by atomic mass is 10.0. The van der Waals surface area contributed by atoms with Crippen molar-refractivity contribution in [2.24, 2.45) is 0 Å². The molecule has 0 aromatic heterocycles. The smallest absolute Gasteiger partial charge is 0.268 e. The number of allylic oxidation sites excluding steroid dienone is 14. The van der Waals surface area contributed by atoms with Crippen LogP contribution in [0.15, 0.2) is 85.1 Å². The molecule has 8 nitrogen and oxygen atoms in total. The number of aliphatic hydroxyl groups excluding tert-OH is 1. The summed E-state index contributed by atoms with van der Waals surface area (Å²) in [6.07, 6.45) is 66.0. The van der Waals surface area contributed by atoms with Crippen LogP contribution < -0.4 is 10.2 Å². The zero-order chi connectivity index (χ0) is 48.5. The molecule has 0 aliphatic carbocycles. The molecule has 2 N–H and O–H groups in total. The van der Waals surface area contributed by atoms with E-state index in [1.807, 2.05) is 21.1 Å². The van der Waals surface area contributed by atoms with Crippen molar-refractivity contribution < 1.29 is 32.9 Å². The lowest BCUT2D eigenvalue weighted by Crippen LogP contribution is -2.46. The van der Waals surface area contributed by atoms with Gasteiger partial charge in [-0.15, -0.1) is 0 Å². The number of carbonyl (C=O) groups is 1. The van der Waals surface area contributed by atoms with Gasteiger partial charge in [0.2, 0.25) is 5.91 Å².